The van der Waals surface area contributed by atoms with Crippen LogP contribution in [0.25, 0.3) is 0 Å². The lowest BCUT2D eigenvalue weighted by molar-refractivity contribution is -0.385. The van der Waals surface area contributed by atoms with Gasteiger partial charge in [0.25, 0.3) is 0 Å². The summed E-state index contributed by atoms with van der Waals surface area (Å²) in [5.41, 5.74) is -0.0239. The summed E-state index contributed by atoms with van der Waals surface area (Å²) in [4.78, 5) is 34.5. The molecule has 3 rings (SSSR count). The largest absolute Gasteiger partial charge is 0.475 e. The van der Waals surface area contributed by atoms with Crippen LogP contribution >= 0.6 is 0 Å². The number of nitro benzene ring substituents is 1. The number of carbonyl (C=O) groups excluding carboxylic acids is 2. The monoisotopic (exact) mass is 401 g/mol. The zero-order chi connectivity index (χ0) is 20.6. The molecule has 1 atom stereocenters. The van der Waals surface area contributed by atoms with Crippen molar-refractivity contribution in [1.82, 2.24) is 0 Å². The third-order valence-corrected chi connectivity index (χ3v) is 4.13. The van der Waals surface area contributed by atoms with E-state index < -0.39 is 23.5 Å². The number of rotatable bonds is 8. The van der Waals surface area contributed by atoms with Gasteiger partial charge in [0.05, 0.1) is 16.6 Å². The molecule has 152 valence electrons. The van der Waals surface area contributed by atoms with Crippen LogP contribution in [0.5, 0.6) is 11.5 Å². The number of hydrogen-bond donors (Lipinski definition) is 0. The highest BCUT2D eigenvalue weighted by molar-refractivity contribution is 5.90. The van der Waals surface area contributed by atoms with Gasteiger partial charge in [0.1, 0.15) is 12.4 Å². The predicted molar refractivity (Wildman–Crippen MR) is 99.9 cm³/mol. The fourth-order valence-electron chi connectivity index (χ4n) is 2.74. The molecule has 9 nitrogen and oxygen atoms in total. The summed E-state index contributed by atoms with van der Waals surface area (Å²) >= 11 is 0. The molecular formula is C20H19NO8. The van der Waals surface area contributed by atoms with E-state index >= 15 is 0 Å². The first-order valence-corrected chi connectivity index (χ1v) is 8.98. The number of hydrogen-bond acceptors (Lipinski definition) is 8. The third-order valence-electron chi connectivity index (χ3n) is 4.13. The van der Waals surface area contributed by atoms with E-state index in [4.69, 9.17) is 18.9 Å². The van der Waals surface area contributed by atoms with Crippen molar-refractivity contribution < 1.29 is 33.5 Å². The Morgan fingerprint density at radius 2 is 2.00 bits per heavy atom. The molecule has 1 heterocycles. The lowest BCUT2D eigenvalue weighted by Crippen LogP contribution is -2.19. The summed E-state index contributed by atoms with van der Waals surface area (Å²) in [5.74, 6) is -1.23. The van der Waals surface area contributed by atoms with Gasteiger partial charge in [-0.2, -0.15) is 0 Å². The first-order chi connectivity index (χ1) is 14.0. The van der Waals surface area contributed by atoms with Crippen LogP contribution in [0.2, 0.25) is 0 Å². The fraction of sp³-hybridized carbons (Fsp3) is 0.300. The van der Waals surface area contributed by atoms with Crippen LogP contribution in [0.4, 0.5) is 5.69 Å². The Balaban J connectivity index is 1.53. The maximum atomic E-state index is 12.1. The smallest absolute Gasteiger partial charge is 0.349 e. The number of benzene rings is 2. The van der Waals surface area contributed by atoms with Crippen molar-refractivity contribution in [2.45, 2.75) is 18.9 Å². The minimum Gasteiger partial charge on any atom is -0.475 e. The summed E-state index contributed by atoms with van der Waals surface area (Å²) in [6.45, 7) is 0.312. The molecule has 1 unspecified atom stereocenters. The van der Waals surface area contributed by atoms with Crippen molar-refractivity contribution in [3.63, 3.8) is 0 Å². The fourth-order valence-corrected chi connectivity index (χ4v) is 2.74. The van der Waals surface area contributed by atoms with Crippen LogP contribution in [-0.4, -0.2) is 42.8 Å². The molecule has 9 heteroatoms. The van der Waals surface area contributed by atoms with Crippen molar-refractivity contribution in [3.05, 3.63) is 64.2 Å². The molecule has 1 fully saturated rings. The van der Waals surface area contributed by atoms with Crippen LogP contribution in [0.1, 0.15) is 23.2 Å². The van der Waals surface area contributed by atoms with Crippen LogP contribution in [0.3, 0.4) is 0 Å². The average molecular weight is 401 g/mol. The SMILES string of the molecule is O=C(COc1ccccc1[N+](=O)[O-])Oc1cccc(C(=O)OCC2CCCO2)c1. The van der Waals surface area contributed by atoms with Crippen LogP contribution < -0.4 is 9.47 Å². The first-order valence-electron chi connectivity index (χ1n) is 8.98. The van der Waals surface area contributed by atoms with Gasteiger partial charge in [0.2, 0.25) is 0 Å². The van der Waals surface area contributed by atoms with Crippen molar-refractivity contribution >= 4 is 17.6 Å². The lowest BCUT2D eigenvalue weighted by Gasteiger charge is -2.11. The van der Waals surface area contributed by atoms with E-state index in [1.165, 1.54) is 30.3 Å². The van der Waals surface area contributed by atoms with Gasteiger partial charge in [-0.3, -0.25) is 10.1 Å². The highest BCUT2D eigenvalue weighted by Crippen LogP contribution is 2.25. The molecule has 29 heavy (non-hydrogen) atoms. The number of nitro groups is 1. The zero-order valence-electron chi connectivity index (χ0n) is 15.4. The lowest BCUT2D eigenvalue weighted by atomic mass is 10.2. The Morgan fingerprint density at radius 3 is 2.76 bits per heavy atom. The van der Waals surface area contributed by atoms with E-state index in [0.29, 0.717) is 6.61 Å². The molecular weight excluding hydrogens is 382 g/mol. The summed E-state index contributed by atoms with van der Waals surface area (Å²) in [6.07, 6.45) is 1.71. The van der Waals surface area contributed by atoms with Gasteiger partial charge in [-0.15, -0.1) is 0 Å². The Kier molecular flexibility index (Phi) is 6.75. The first kappa shape index (κ1) is 20.3. The Bertz CT molecular complexity index is 892. The topological polar surface area (TPSA) is 114 Å². The molecule has 1 aliphatic rings. The molecule has 0 spiro atoms. The Morgan fingerprint density at radius 1 is 1.17 bits per heavy atom. The van der Waals surface area contributed by atoms with Gasteiger partial charge < -0.3 is 18.9 Å². The second kappa shape index (κ2) is 9.65. The van der Waals surface area contributed by atoms with Gasteiger partial charge in [-0.25, -0.2) is 9.59 Å². The molecule has 0 N–H and O–H groups in total. The molecule has 1 aliphatic heterocycles. The normalized spacial score (nSPS) is 15.5. The molecule has 2 aromatic carbocycles. The summed E-state index contributed by atoms with van der Waals surface area (Å²) in [6, 6.07) is 11.7. The average Bonchev–Trinajstić information content (AvgIpc) is 3.24. The van der Waals surface area contributed by atoms with Crippen molar-refractivity contribution in [1.29, 1.82) is 0 Å². The molecule has 0 amide bonds. The van der Waals surface area contributed by atoms with Gasteiger partial charge in [-0.05, 0) is 37.1 Å². The molecule has 2 aromatic rings. The second-order valence-corrected chi connectivity index (χ2v) is 6.25. The number of carbonyl (C=O) groups is 2. The van der Waals surface area contributed by atoms with Gasteiger partial charge in [0, 0.05) is 12.7 Å². The molecule has 0 aliphatic carbocycles. The molecule has 1 saturated heterocycles. The molecule has 0 radical (unpaired) electrons. The number of ether oxygens (including phenoxy) is 4. The molecule has 0 saturated carbocycles. The van der Waals surface area contributed by atoms with Crippen molar-refractivity contribution in [2.75, 3.05) is 19.8 Å². The number of esters is 2. The summed E-state index contributed by atoms with van der Waals surface area (Å²) < 4.78 is 20.9. The van der Waals surface area contributed by atoms with Crippen LogP contribution in [0.15, 0.2) is 48.5 Å². The number of nitrogens with zero attached hydrogens (tertiary/aromatic N) is 1. The van der Waals surface area contributed by atoms with Gasteiger partial charge in [-0.1, -0.05) is 18.2 Å². The standard InChI is InChI=1S/C20H19NO8/c22-19(13-27-18-9-2-1-8-17(18)21(24)25)29-15-6-3-5-14(11-15)20(23)28-12-16-7-4-10-26-16/h1-3,5-6,8-9,11,16H,4,7,10,12-13H2. The highest BCUT2D eigenvalue weighted by Gasteiger charge is 2.19. The van der Waals surface area contributed by atoms with E-state index in [2.05, 4.69) is 0 Å². The van der Waals surface area contributed by atoms with Crippen molar-refractivity contribution in [3.8, 4) is 11.5 Å². The van der Waals surface area contributed by atoms with Crippen LogP contribution in [0, 0.1) is 10.1 Å². The molecule has 0 aromatic heterocycles. The minimum absolute atomic E-state index is 0.0408. The second-order valence-electron chi connectivity index (χ2n) is 6.25. The van der Waals surface area contributed by atoms with E-state index in [0.717, 1.165) is 12.8 Å². The zero-order valence-corrected chi connectivity index (χ0v) is 15.4. The maximum Gasteiger partial charge on any atom is 0.349 e. The van der Waals surface area contributed by atoms with E-state index in [-0.39, 0.29) is 35.5 Å². The predicted octanol–water partition coefficient (Wildman–Crippen LogP) is 2.92. The summed E-state index contributed by atoms with van der Waals surface area (Å²) in [7, 11) is 0. The maximum absolute atomic E-state index is 12.1. The minimum atomic E-state index is -0.770. The van der Waals surface area contributed by atoms with Gasteiger partial charge in [0.15, 0.2) is 12.4 Å². The Hall–Kier alpha value is -3.46. The molecule has 0 bridgehead atoms. The quantitative estimate of drug-likeness (QED) is 0.287. The number of para-hydroxylation sites is 2. The van der Waals surface area contributed by atoms with E-state index in [1.807, 2.05) is 0 Å². The Labute approximate surface area is 166 Å². The summed E-state index contributed by atoms with van der Waals surface area (Å²) in [5, 5.41) is 11.0. The van der Waals surface area contributed by atoms with Gasteiger partial charge >= 0.3 is 17.6 Å². The van der Waals surface area contributed by atoms with Crippen LogP contribution in [-0.2, 0) is 14.3 Å². The van der Waals surface area contributed by atoms with E-state index in [9.17, 15) is 19.7 Å². The van der Waals surface area contributed by atoms with Crippen molar-refractivity contribution in [2.24, 2.45) is 0 Å². The third kappa shape index (κ3) is 5.76. The van der Waals surface area contributed by atoms with E-state index in [1.54, 1.807) is 18.2 Å². The highest BCUT2D eigenvalue weighted by atomic mass is 16.6.